The van der Waals surface area contributed by atoms with Crippen LogP contribution in [0.15, 0.2) is 61.1 Å². The minimum Gasteiger partial charge on any atom is -0.480 e. The Kier molecular flexibility index (Phi) is 7.10. The third-order valence-electron chi connectivity index (χ3n) is 5.82. The first-order valence-electron chi connectivity index (χ1n) is 11.5. The molecule has 8 nitrogen and oxygen atoms in total. The summed E-state index contributed by atoms with van der Waals surface area (Å²) < 4.78 is 1.70. The van der Waals surface area contributed by atoms with Crippen molar-refractivity contribution in [3.05, 3.63) is 94.7 Å². The van der Waals surface area contributed by atoms with Crippen molar-refractivity contribution in [2.75, 3.05) is 10.6 Å². The standard InChI is InChI=1S/C27H30N6O2/c1-17-9-10-28-24(13-17)29-15-25-30-16-33(32-25)22-7-5-21(6-8-22)14-23(27(34)35)31-26-19(3)11-18(2)12-20(26)4/h5-13,16,23,31H,14-15H2,1-4H3,(H,28,29)(H,34,35). The molecule has 1 unspecified atom stereocenters. The fourth-order valence-corrected chi connectivity index (χ4v) is 4.11. The van der Waals surface area contributed by atoms with Gasteiger partial charge in [0.15, 0.2) is 5.82 Å². The van der Waals surface area contributed by atoms with Crippen molar-refractivity contribution in [3.63, 3.8) is 0 Å². The Labute approximate surface area is 205 Å². The number of aliphatic carboxylic acids is 1. The molecule has 0 bridgehead atoms. The van der Waals surface area contributed by atoms with Crippen molar-refractivity contribution < 1.29 is 9.90 Å². The normalized spacial score (nSPS) is 11.8. The van der Waals surface area contributed by atoms with E-state index in [0.717, 1.165) is 45.0 Å². The molecule has 3 N–H and O–H groups in total. The topological polar surface area (TPSA) is 105 Å². The lowest BCUT2D eigenvalue weighted by Crippen LogP contribution is -2.32. The Hall–Kier alpha value is -4.20. The summed E-state index contributed by atoms with van der Waals surface area (Å²) in [4.78, 5) is 20.6. The van der Waals surface area contributed by atoms with Crippen molar-refractivity contribution in [2.24, 2.45) is 0 Å². The summed E-state index contributed by atoms with van der Waals surface area (Å²) in [5.41, 5.74) is 7.02. The van der Waals surface area contributed by atoms with E-state index in [1.807, 2.05) is 64.1 Å². The lowest BCUT2D eigenvalue weighted by molar-refractivity contribution is -0.137. The lowest BCUT2D eigenvalue weighted by Gasteiger charge is -2.20. The molecule has 0 aliphatic heterocycles. The Morgan fingerprint density at radius 2 is 1.69 bits per heavy atom. The number of aromatic nitrogens is 4. The number of hydrogen-bond donors (Lipinski definition) is 3. The molecule has 8 heteroatoms. The smallest absolute Gasteiger partial charge is 0.326 e. The van der Waals surface area contributed by atoms with Crippen LogP contribution in [-0.4, -0.2) is 36.9 Å². The zero-order valence-corrected chi connectivity index (χ0v) is 20.4. The summed E-state index contributed by atoms with van der Waals surface area (Å²) in [6, 6.07) is 15.0. The molecule has 4 aromatic rings. The van der Waals surface area contributed by atoms with Crippen molar-refractivity contribution in [1.82, 2.24) is 19.7 Å². The average molecular weight is 471 g/mol. The lowest BCUT2D eigenvalue weighted by atomic mass is 10.0. The molecule has 2 aromatic carbocycles. The van der Waals surface area contributed by atoms with Gasteiger partial charge < -0.3 is 15.7 Å². The number of hydrogen-bond acceptors (Lipinski definition) is 6. The molecule has 0 amide bonds. The van der Waals surface area contributed by atoms with Gasteiger partial charge in [-0.3, -0.25) is 0 Å². The second-order valence-electron chi connectivity index (χ2n) is 8.86. The predicted octanol–water partition coefficient (Wildman–Crippen LogP) is 4.62. The maximum Gasteiger partial charge on any atom is 0.326 e. The molecule has 35 heavy (non-hydrogen) atoms. The summed E-state index contributed by atoms with van der Waals surface area (Å²) in [5.74, 6) is 0.546. The van der Waals surface area contributed by atoms with Crippen LogP contribution in [-0.2, 0) is 17.8 Å². The molecule has 4 rings (SSSR count). The number of benzene rings is 2. The van der Waals surface area contributed by atoms with Crippen molar-refractivity contribution in [1.29, 1.82) is 0 Å². The molecule has 180 valence electrons. The van der Waals surface area contributed by atoms with E-state index in [1.54, 1.807) is 17.2 Å². The number of aryl methyl sites for hydroxylation is 4. The molecule has 0 saturated carbocycles. The van der Waals surface area contributed by atoms with Crippen molar-refractivity contribution in [2.45, 2.75) is 46.7 Å². The SMILES string of the molecule is Cc1ccnc(NCc2ncn(-c3ccc(CC(Nc4c(C)cc(C)cc4C)C(=O)O)cc3)n2)c1. The van der Waals surface area contributed by atoms with E-state index in [1.165, 1.54) is 0 Å². The molecule has 0 fully saturated rings. The predicted molar refractivity (Wildman–Crippen MR) is 137 cm³/mol. The van der Waals surface area contributed by atoms with Gasteiger partial charge in [-0.2, -0.15) is 0 Å². The van der Waals surface area contributed by atoms with E-state index in [4.69, 9.17) is 0 Å². The number of pyridine rings is 1. The Balaban J connectivity index is 1.41. The fourth-order valence-electron chi connectivity index (χ4n) is 4.11. The van der Waals surface area contributed by atoms with Crippen molar-refractivity contribution in [3.8, 4) is 5.69 Å². The first-order valence-corrected chi connectivity index (χ1v) is 11.5. The molecule has 0 spiro atoms. The molecule has 0 aliphatic rings. The van der Waals surface area contributed by atoms with Gasteiger partial charge in [-0.25, -0.2) is 19.4 Å². The number of carboxylic acid groups (broad SMARTS) is 1. The second-order valence-corrected chi connectivity index (χ2v) is 8.86. The van der Waals surface area contributed by atoms with Gasteiger partial charge in [0.25, 0.3) is 0 Å². The highest BCUT2D eigenvalue weighted by Gasteiger charge is 2.20. The van der Waals surface area contributed by atoms with Crippen LogP contribution in [0.4, 0.5) is 11.5 Å². The molecule has 2 aromatic heterocycles. The molecular formula is C27H30N6O2. The maximum atomic E-state index is 12.0. The monoisotopic (exact) mass is 470 g/mol. The van der Waals surface area contributed by atoms with Gasteiger partial charge in [0, 0.05) is 18.3 Å². The average Bonchev–Trinajstić information content (AvgIpc) is 3.28. The molecule has 0 radical (unpaired) electrons. The highest BCUT2D eigenvalue weighted by molar-refractivity contribution is 5.79. The summed E-state index contributed by atoms with van der Waals surface area (Å²) in [5, 5.41) is 20.8. The third-order valence-corrected chi connectivity index (χ3v) is 5.82. The number of carbonyl (C=O) groups is 1. The molecule has 1 atom stereocenters. The Bertz CT molecular complexity index is 1310. The van der Waals surface area contributed by atoms with Gasteiger partial charge in [0.2, 0.25) is 0 Å². The first kappa shape index (κ1) is 23.9. The van der Waals surface area contributed by atoms with E-state index in [-0.39, 0.29) is 0 Å². The maximum absolute atomic E-state index is 12.0. The van der Waals surface area contributed by atoms with Crippen LogP contribution >= 0.6 is 0 Å². The molecule has 0 aliphatic carbocycles. The number of carboxylic acids is 1. The van der Waals surface area contributed by atoms with Gasteiger partial charge in [-0.1, -0.05) is 29.8 Å². The first-order chi connectivity index (χ1) is 16.8. The Morgan fingerprint density at radius 1 is 0.971 bits per heavy atom. The zero-order chi connectivity index (χ0) is 24.9. The van der Waals surface area contributed by atoms with Crippen LogP contribution < -0.4 is 10.6 Å². The largest absolute Gasteiger partial charge is 0.480 e. The highest BCUT2D eigenvalue weighted by Crippen LogP contribution is 2.24. The van der Waals surface area contributed by atoms with E-state index in [9.17, 15) is 9.90 Å². The fraction of sp³-hybridized carbons (Fsp3) is 0.259. The minimum absolute atomic E-state index is 0.360. The van der Waals surface area contributed by atoms with E-state index in [2.05, 4.69) is 37.8 Å². The second kappa shape index (κ2) is 10.4. The summed E-state index contributed by atoms with van der Waals surface area (Å²) in [6.07, 6.45) is 3.79. The van der Waals surface area contributed by atoms with Gasteiger partial charge in [0.1, 0.15) is 18.2 Å². The molecule has 2 heterocycles. The van der Waals surface area contributed by atoms with Crippen LogP contribution in [0.2, 0.25) is 0 Å². The third kappa shape index (κ3) is 6.03. The van der Waals surface area contributed by atoms with Gasteiger partial charge >= 0.3 is 5.97 Å². The number of anilines is 2. The summed E-state index contributed by atoms with van der Waals surface area (Å²) >= 11 is 0. The number of rotatable bonds is 9. The van der Waals surface area contributed by atoms with Crippen LogP contribution in [0.25, 0.3) is 5.69 Å². The Morgan fingerprint density at radius 3 is 2.34 bits per heavy atom. The zero-order valence-electron chi connectivity index (χ0n) is 20.4. The van der Waals surface area contributed by atoms with Crippen LogP contribution in [0.3, 0.4) is 0 Å². The number of nitrogens with zero attached hydrogens (tertiary/aromatic N) is 4. The van der Waals surface area contributed by atoms with Crippen molar-refractivity contribution >= 4 is 17.5 Å². The van der Waals surface area contributed by atoms with E-state index < -0.39 is 12.0 Å². The van der Waals surface area contributed by atoms with E-state index >= 15 is 0 Å². The van der Waals surface area contributed by atoms with Crippen LogP contribution in [0.1, 0.15) is 33.6 Å². The van der Waals surface area contributed by atoms with E-state index in [0.29, 0.717) is 18.8 Å². The van der Waals surface area contributed by atoms with Crippen LogP contribution in [0.5, 0.6) is 0 Å². The molecule has 0 saturated heterocycles. The van der Waals surface area contributed by atoms with Crippen LogP contribution in [0, 0.1) is 27.7 Å². The summed E-state index contributed by atoms with van der Waals surface area (Å²) in [6.45, 7) is 8.51. The van der Waals surface area contributed by atoms with Gasteiger partial charge in [-0.05, 0) is 74.2 Å². The minimum atomic E-state index is -0.884. The highest BCUT2D eigenvalue weighted by atomic mass is 16.4. The van der Waals surface area contributed by atoms with Gasteiger partial charge in [-0.15, -0.1) is 5.10 Å². The van der Waals surface area contributed by atoms with Gasteiger partial charge in [0.05, 0.1) is 12.2 Å². The molecular weight excluding hydrogens is 440 g/mol. The summed E-state index contributed by atoms with van der Waals surface area (Å²) in [7, 11) is 0. The quantitative estimate of drug-likeness (QED) is 0.328. The number of nitrogens with one attached hydrogen (secondary N) is 2.